The highest BCUT2D eigenvalue weighted by Crippen LogP contribution is 2.59. The van der Waals surface area contributed by atoms with Crippen LogP contribution < -0.4 is 5.32 Å². The van der Waals surface area contributed by atoms with Crippen LogP contribution in [0.2, 0.25) is 0 Å². The predicted molar refractivity (Wildman–Crippen MR) is 122 cm³/mol. The number of alkyl halides is 3. The van der Waals surface area contributed by atoms with Crippen molar-refractivity contribution >= 4 is 27.7 Å². The minimum Gasteiger partial charge on any atom is -0.469 e. The van der Waals surface area contributed by atoms with Crippen LogP contribution in [0, 0.1) is 17.3 Å². The molecule has 0 spiro atoms. The summed E-state index contributed by atoms with van der Waals surface area (Å²) in [5.41, 5.74) is -3.11. The van der Waals surface area contributed by atoms with Crippen molar-refractivity contribution in [2.75, 3.05) is 37.0 Å². The molecule has 1 N–H and O–H groups in total. The molecule has 4 aliphatic carbocycles. The molecule has 36 heavy (non-hydrogen) atoms. The average molecular weight is 531 g/mol. The molecule has 1 aliphatic heterocycles. The molecule has 4 bridgehead atoms. The Kier molecular flexibility index (Phi) is 6.00. The average Bonchev–Trinajstić information content (AvgIpc) is 2.98. The quantitative estimate of drug-likeness (QED) is 0.591. The van der Waals surface area contributed by atoms with Gasteiger partial charge in [-0.15, -0.1) is 0 Å². The fourth-order valence-corrected chi connectivity index (χ4v) is 8.20. The normalized spacial score (nSPS) is 33.2. The van der Waals surface area contributed by atoms with Crippen LogP contribution in [0.15, 0.2) is 6.20 Å². The first-order chi connectivity index (χ1) is 16.8. The lowest BCUT2D eigenvalue weighted by Gasteiger charge is -2.47. The van der Waals surface area contributed by atoms with E-state index < -0.39 is 44.1 Å². The summed E-state index contributed by atoms with van der Waals surface area (Å²) in [6.07, 6.45) is 0.969. The second-order valence-electron chi connectivity index (χ2n) is 10.9. The number of esters is 1. The number of sulfone groups is 1. The number of anilines is 1. The third-order valence-electron chi connectivity index (χ3n) is 8.38. The molecule has 1 aromatic heterocycles. The van der Waals surface area contributed by atoms with E-state index in [1.807, 2.05) is 0 Å². The van der Waals surface area contributed by atoms with Crippen LogP contribution in [0.25, 0.3) is 0 Å². The largest absolute Gasteiger partial charge is 0.469 e. The first-order valence-electron chi connectivity index (χ1n) is 12.1. The van der Waals surface area contributed by atoms with Crippen LogP contribution >= 0.6 is 0 Å². The number of hydrogen-bond acceptors (Lipinski definition) is 8. The van der Waals surface area contributed by atoms with Crippen molar-refractivity contribution in [2.45, 2.75) is 56.7 Å². The number of methoxy groups -OCH3 is 1. The summed E-state index contributed by atoms with van der Waals surface area (Å²) in [7, 11) is -1.91. The molecule has 2 unspecified atom stereocenters. The van der Waals surface area contributed by atoms with Gasteiger partial charge in [-0.1, -0.05) is 0 Å². The van der Waals surface area contributed by atoms with Gasteiger partial charge in [0.15, 0.2) is 15.5 Å². The first kappa shape index (κ1) is 25.2. The van der Waals surface area contributed by atoms with Crippen molar-refractivity contribution in [3.8, 4) is 0 Å². The van der Waals surface area contributed by atoms with Gasteiger partial charge in [0.05, 0.1) is 29.6 Å². The van der Waals surface area contributed by atoms with Gasteiger partial charge >= 0.3 is 12.1 Å². The minimum atomic E-state index is -4.90. The van der Waals surface area contributed by atoms with Gasteiger partial charge in [0.25, 0.3) is 5.91 Å². The van der Waals surface area contributed by atoms with Crippen LogP contribution in [0.1, 0.15) is 61.0 Å². The number of fused-ring (bicyclic) bond motifs is 1. The second-order valence-corrected chi connectivity index (χ2v) is 13.2. The van der Waals surface area contributed by atoms with E-state index in [9.17, 15) is 31.2 Å². The Morgan fingerprint density at radius 1 is 1.11 bits per heavy atom. The van der Waals surface area contributed by atoms with E-state index in [4.69, 9.17) is 4.74 Å². The summed E-state index contributed by atoms with van der Waals surface area (Å²) >= 11 is 0. The van der Waals surface area contributed by atoms with Gasteiger partial charge in [-0.2, -0.15) is 13.2 Å². The van der Waals surface area contributed by atoms with Gasteiger partial charge in [0.1, 0.15) is 0 Å². The molecule has 6 rings (SSSR count). The molecule has 0 aromatic carbocycles. The zero-order chi connectivity index (χ0) is 25.9. The fraction of sp³-hybridized carbons (Fsp3) is 0.739. The van der Waals surface area contributed by atoms with Crippen molar-refractivity contribution in [2.24, 2.45) is 17.3 Å². The summed E-state index contributed by atoms with van der Waals surface area (Å²) in [5.74, 6) is -1.42. The molecule has 198 valence electrons. The molecule has 1 saturated heterocycles. The van der Waals surface area contributed by atoms with Gasteiger partial charge in [-0.3, -0.25) is 9.59 Å². The number of carbonyl (C=O) groups is 2. The van der Waals surface area contributed by atoms with Crippen molar-refractivity contribution in [3.05, 3.63) is 17.5 Å². The van der Waals surface area contributed by atoms with E-state index in [-0.39, 0.29) is 48.3 Å². The lowest BCUT2D eigenvalue weighted by Crippen LogP contribution is -2.47. The third kappa shape index (κ3) is 4.54. The van der Waals surface area contributed by atoms with Crippen LogP contribution in [0.3, 0.4) is 0 Å². The molecule has 0 radical (unpaired) electrons. The monoisotopic (exact) mass is 530 g/mol. The van der Waals surface area contributed by atoms with Gasteiger partial charge in [0, 0.05) is 24.8 Å². The highest BCUT2D eigenvalue weighted by Gasteiger charge is 2.57. The maximum Gasteiger partial charge on any atom is 0.434 e. The molecule has 2 heterocycles. The lowest BCUT2D eigenvalue weighted by molar-refractivity contribution is -0.157. The standard InChI is InChI=1S/C23H29F3N4O5S/c1-35-19(32)21-2-3-22(11-14(9-21)8-15(10-21)12-22)29-20-27-13-16(17(28-20)23(24,25)26)18(31)30-4-6-36(33,34)7-5-30/h13-15H,2-12H2,1H3,(H,27,28,29). The molecule has 5 aliphatic rings. The van der Waals surface area contributed by atoms with E-state index in [0.717, 1.165) is 17.5 Å². The topological polar surface area (TPSA) is 119 Å². The van der Waals surface area contributed by atoms with Gasteiger partial charge in [0.2, 0.25) is 5.95 Å². The van der Waals surface area contributed by atoms with Gasteiger partial charge in [-0.05, 0) is 56.8 Å². The highest BCUT2D eigenvalue weighted by atomic mass is 32.2. The number of rotatable bonds is 4. The summed E-state index contributed by atoms with van der Waals surface area (Å²) in [6, 6.07) is 0. The molecule has 5 fully saturated rings. The maximum absolute atomic E-state index is 14.0. The van der Waals surface area contributed by atoms with E-state index >= 15 is 0 Å². The van der Waals surface area contributed by atoms with E-state index in [0.29, 0.717) is 38.5 Å². The van der Waals surface area contributed by atoms with Crippen LogP contribution in [0.5, 0.6) is 0 Å². The Labute approximate surface area is 207 Å². The Morgan fingerprint density at radius 2 is 1.75 bits per heavy atom. The fourth-order valence-electron chi connectivity index (χ4n) is 7.00. The molecule has 13 heteroatoms. The van der Waals surface area contributed by atoms with Crippen molar-refractivity contribution < 1.29 is 35.9 Å². The van der Waals surface area contributed by atoms with Crippen molar-refractivity contribution in [3.63, 3.8) is 0 Å². The zero-order valence-corrected chi connectivity index (χ0v) is 20.8. The Hall–Kier alpha value is -2.44. The maximum atomic E-state index is 14.0. The second kappa shape index (κ2) is 8.56. The van der Waals surface area contributed by atoms with E-state index in [1.165, 1.54) is 7.11 Å². The van der Waals surface area contributed by atoms with E-state index in [1.54, 1.807) is 0 Å². The predicted octanol–water partition coefficient (Wildman–Crippen LogP) is 2.68. The number of halogens is 3. The molecule has 1 aromatic rings. The number of ether oxygens (including phenoxy) is 1. The number of nitrogens with zero attached hydrogens (tertiary/aromatic N) is 3. The van der Waals surface area contributed by atoms with E-state index in [2.05, 4.69) is 15.3 Å². The molecule has 9 nitrogen and oxygen atoms in total. The van der Waals surface area contributed by atoms with Gasteiger partial charge < -0.3 is 15.0 Å². The number of hydrogen-bond donors (Lipinski definition) is 1. The van der Waals surface area contributed by atoms with Crippen LogP contribution in [-0.4, -0.2) is 72.4 Å². The van der Waals surface area contributed by atoms with Crippen molar-refractivity contribution in [1.82, 2.24) is 14.9 Å². The summed E-state index contributed by atoms with van der Waals surface area (Å²) in [4.78, 5) is 34.4. The van der Waals surface area contributed by atoms with Crippen LogP contribution in [-0.2, 0) is 25.5 Å². The van der Waals surface area contributed by atoms with Crippen LogP contribution in [0.4, 0.5) is 19.1 Å². The molecule has 2 atom stereocenters. The third-order valence-corrected chi connectivity index (χ3v) is 9.99. The highest BCUT2D eigenvalue weighted by molar-refractivity contribution is 7.91. The summed E-state index contributed by atoms with van der Waals surface area (Å²) < 4.78 is 70.4. The minimum absolute atomic E-state index is 0.174. The Bertz CT molecular complexity index is 1160. The zero-order valence-electron chi connectivity index (χ0n) is 19.9. The number of amides is 1. The molecular weight excluding hydrogens is 501 g/mol. The van der Waals surface area contributed by atoms with Crippen molar-refractivity contribution in [1.29, 1.82) is 0 Å². The summed E-state index contributed by atoms with van der Waals surface area (Å²) in [5, 5.41) is 3.19. The molecule has 4 saturated carbocycles. The molecular formula is C23H29F3N4O5S. The first-order valence-corrected chi connectivity index (χ1v) is 14.0. The number of aromatic nitrogens is 2. The Balaban J connectivity index is 1.41. The van der Waals surface area contributed by atoms with Gasteiger partial charge in [-0.25, -0.2) is 18.4 Å². The molecule has 1 amide bonds. The SMILES string of the molecule is COC(=O)C12CCC3(Nc4ncc(C(=O)N5CCS(=O)(=O)CC5)c(C(F)(F)F)n4)CC(CC(C3)C1)C2. The smallest absolute Gasteiger partial charge is 0.434 e. The lowest BCUT2D eigenvalue weighted by atomic mass is 9.60. The summed E-state index contributed by atoms with van der Waals surface area (Å²) in [6.45, 7) is -0.349. The Morgan fingerprint density at radius 3 is 2.33 bits per heavy atom. The number of nitrogens with one attached hydrogen (secondary N) is 1. The number of carbonyl (C=O) groups excluding carboxylic acids is 2.